The zero-order valence-corrected chi connectivity index (χ0v) is 10.4. The lowest BCUT2D eigenvalue weighted by atomic mass is 10.4. The van der Waals surface area contributed by atoms with E-state index in [0.717, 1.165) is 11.4 Å². The van der Waals surface area contributed by atoms with Crippen molar-refractivity contribution in [2.45, 2.75) is 20.4 Å². The molecule has 0 aromatic carbocycles. The molecule has 0 atom stereocenters. The van der Waals surface area contributed by atoms with Crippen molar-refractivity contribution in [2.24, 2.45) is 0 Å². The summed E-state index contributed by atoms with van der Waals surface area (Å²) in [5, 5.41) is 3.15. The van der Waals surface area contributed by atoms with Gasteiger partial charge in [0.15, 0.2) is 0 Å². The number of nitrogens with one attached hydrogen (secondary N) is 1. The Bertz CT molecular complexity index is 500. The van der Waals surface area contributed by atoms with Gasteiger partial charge in [0.25, 0.3) is 0 Å². The quantitative estimate of drug-likeness (QED) is 0.862. The Hall–Kier alpha value is -2.24. The van der Waals surface area contributed by atoms with E-state index in [1.165, 1.54) is 6.33 Å². The van der Waals surface area contributed by atoms with Gasteiger partial charge in [-0.3, -0.25) is 9.97 Å². The van der Waals surface area contributed by atoms with Crippen LogP contribution in [0.1, 0.15) is 18.3 Å². The Balaban J connectivity index is 1.97. The maximum atomic E-state index is 5.30. The number of aryl methyl sites for hydroxylation is 1. The van der Waals surface area contributed by atoms with Gasteiger partial charge >= 0.3 is 0 Å². The smallest absolute Gasteiger partial charge is 0.218 e. The molecule has 1 N–H and O–H groups in total. The molecule has 0 saturated carbocycles. The van der Waals surface area contributed by atoms with E-state index < -0.39 is 0 Å². The highest BCUT2D eigenvalue weighted by molar-refractivity contribution is 5.37. The number of aromatic nitrogens is 4. The van der Waals surface area contributed by atoms with E-state index >= 15 is 0 Å². The zero-order chi connectivity index (χ0) is 12.8. The lowest BCUT2D eigenvalue weighted by Crippen LogP contribution is -2.05. The molecule has 0 aliphatic heterocycles. The molecule has 0 spiro atoms. The normalized spacial score (nSPS) is 10.1. The molecular weight excluding hydrogens is 230 g/mol. The van der Waals surface area contributed by atoms with Gasteiger partial charge < -0.3 is 10.1 Å². The summed E-state index contributed by atoms with van der Waals surface area (Å²) in [6.07, 6.45) is 4.95. The zero-order valence-electron chi connectivity index (χ0n) is 10.4. The second-order valence-electron chi connectivity index (χ2n) is 3.68. The fourth-order valence-electron chi connectivity index (χ4n) is 1.35. The van der Waals surface area contributed by atoms with Crippen molar-refractivity contribution in [1.29, 1.82) is 0 Å². The van der Waals surface area contributed by atoms with Crippen molar-refractivity contribution in [3.8, 4) is 5.88 Å². The first kappa shape index (κ1) is 12.2. The van der Waals surface area contributed by atoms with E-state index in [9.17, 15) is 0 Å². The van der Waals surface area contributed by atoms with Gasteiger partial charge in [0, 0.05) is 12.3 Å². The lowest BCUT2D eigenvalue weighted by Gasteiger charge is -2.06. The van der Waals surface area contributed by atoms with Crippen LogP contribution in [0.5, 0.6) is 5.88 Å². The summed E-state index contributed by atoms with van der Waals surface area (Å²) in [6, 6.07) is 1.76. The summed E-state index contributed by atoms with van der Waals surface area (Å²) in [5.74, 6) is 1.26. The van der Waals surface area contributed by atoms with E-state index in [-0.39, 0.29) is 0 Å². The van der Waals surface area contributed by atoms with Crippen molar-refractivity contribution >= 4 is 5.82 Å². The van der Waals surface area contributed by atoms with Gasteiger partial charge in [-0.2, -0.15) is 0 Å². The third-order valence-corrected chi connectivity index (χ3v) is 2.22. The largest absolute Gasteiger partial charge is 0.478 e. The average molecular weight is 245 g/mol. The minimum Gasteiger partial charge on any atom is -0.478 e. The minimum atomic E-state index is 0.560. The summed E-state index contributed by atoms with van der Waals surface area (Å²) in [4.78, 5) is 16.5. The maximum Gasteiger partial charge on any atom is 0.218 e. The first-order chi connectivity index (χ1) is 8.78. The van der Waals surface area contributed by atoms with Crippen LogP contribution in [-0.4, -0.2) is 26.5 Å². The molecule has 18 heavy (non-hydrogen) atoms. The van der Waals surface area contributed by atoms with Gasteiger partial charge in [0.2, 0.25) is 5.88 Å². The minimum absolute atomic E-state index is 0.560. The number of anilines is 1. The first-order valence-corrected chi connectivity index (χ1v) is 5.74. The molecule has 0 radical (unpaired) electrons. The molecular formula is C12H15N5O. The van der Waals surface area contributed by atoms with Crippen LogP contribution in [0.15, 0.2) is 24.8 Å². The van der Waals surface area contributed by atoms with Crippen LogP contribution in [0.4, 0.5) is 5.82 Å². The standard InChI is InChI=1S/C12H15N5O/c1-3-18-12-4-11(16-8-17-12)15-7-10-6-13-9(2)5-14-10/h4-6,8H,3,7H2,1-2H3,(H,15,16,17). The Morgan fingerprint density at radius 3 is 2.78 bits per heavy atom. The third-order valence-electron chi connectivity index (χ3n) is 2.22. The predicted molar refractivity (Wildman–Crippen MR) is 67.3 cm³/mol. The highest BCUT2D eigenvalue weighted by Crippen LogP contribution is 2.11. The van der Waals surface area contributed by atoms with Crippen LogP contribution in [0.25, 0.3) is 0 Å². The van der Waals surface area contributed by atoms with Crippen LogP contribution in [0.2, 0.25) is 0 Å². The van der Waals surface area contributed by atoms with Crippen molar-refractivity contribution < 1.29 is 4.74 Å². The lowest BCUT2D eigenvalue weighted by molar-refractivity contribution is 0.326. The maximum absolute atomic E-state index is 5.30. The molecule has 94 valence electrons. The summed E-state index contributed by atoms with van der Waals surface area (Å²) >= 11 is 0. The molecule has 2 aromatic rings. The van der Waals surface area contributed by atoms with Gasteiger partial charge in [-0.1, -0.05) is 0 Å². The van der Waals surface area contributed by atoms with E-state index in [1.54, 1.807) is 18.5 Å². The SMILES string of the molecule is CCOc1cc(NCc2cnc(C)cn2)ncn1. The molecule has 2 heterocycles. The molecule has 2 aromatic heterocycles. The topological polar surface area (TPSA) is 72.8 Å². The monoisotopic (exact) mass is 245 g/mol. The van der Waals surface area contributed by atoms with Gasteiger partial charge in [-0.25, -0.2) is 9.97 Å². The molecule has 0 amide bonds. The first-order valence-electron chi connectivity index (χ1n) is 5.74. The van der Waals surface area contributed by atoms with E-state index in [4.69, 9.17) is 4.74 Å². The predicted octanol–water partition coefficient (Wildman–Crippen LogP) is 1.59. The molecule has 0 bridgehead atoms. The number of hydrogen-bond donors (Lipinski definition) is 1. The van der Waals surface area contributed by atoms with Crippen LogP contribution < -0.4 is 10.1 Å². The molecule has 6 heteroatoms. The molecule has 6 nitrogen and oxygen atoms in total. The fourth-order valence-corrected chi connectivity index (χ4v) is 1.35. The van der Waals surface area contributed by atoms with Gasteiger partial charge in [0.1, 0.15) is 12.1 Å². The molecule has 0 fully saturated rings. The molecule has 0 aliphatic carbocycles. The fraction of sp³-hybridized carbons (Fsp3) is 0.333. The summed E-state index contributed by atoms with van der Waals surface area (Å²) < 4.78 is 5.30. The molecule has 0 unspecified atom stereocenters. The second-order valence-corrected chi connectivity index (χ2v) is 3.68. The molecule has 0 saturated heterocycles. The third kappa shape index (κ3) is 3.38. The Morgan fingerprint density at radius 2 is 2.06 bits per heavy atom. The van der Waals surface area contributed by atoms with Gasteiger partial charge in [-0.15, -0.1) is 0 Å². The number of ether oxygens (including phenoxy) is 1. The van der Waals surface area contributed by atoms with Crippen LogP contribution >= 0.6 is 0 Å². The van der Waals surface area contributed by atoms with Crippen LogP contribution in [0.3, 0.4) is 0 Å². The average Bonchev–Trinajstić information content (AvgIpc) is 2.39. The van der Waals surface area contributed by atoms with Crippen molar-refractivity contribution in [3.05, 3.63) is 36.2 Å². The Kier molecular flexibility index (Phi) is 4.01. The Morgan fingerprint density at radius 1 is 1.17 bits per heavy atom. The van der Waals surface area contributed by atoms with E-state index in [1.807, 2.05) is 13.8 Å². The molecule has 2 rings (SSSR count). The second kappa shape index (κ2) is 5.90. The highest BCUT2D eigenvalue weighted by atomic mass is 16.5. The highest BCUT2D eigenvalue weighted by Gasteiger charge is 2.00. The molecule has 0 aliphatic rings. The van der Waals surface area contributed by atoms with Crippen LogP contribution in [0, 0.1) is 6.92 Å². The van der Waals surface area contributed by atoms with E-state index in [2.05, 4.69) is 25.3 Å². The van der Waals surface area contributed by atoms with E-state index in [0.29, 0.717) is 24.8 Å². The Labute approximate surface area is 105 Å². The van der Waals surface area contributed by atoms with Crippen LogP contribution in [-0.2, 0) is 6.54 Å². The van der Waals surface area contributed by atoms with Crippen molar-refractivity contribution in [3.63, 3.8) is 0 Å². The number of hydrogen-bond acceptors (Lipinski definition) is 6. The van der Waals surface area contributed by atoms with Crippen molar-refractivity contribution in [1.82, 2.24) is 19.9 Å². The van der Waals surface area contributed by atoms with Gasteiger partial charge in [-0.05, 0) is 13.8 Å². The summed E-state index contributed by atoms with van der Waals surface area (Å²) in [6.45, 7) is 4.97. The van der Waals surface area contributed by atoms with Crippen molar-refractivity contribution in [2.75, 3.05) is 11.9 Å². The summed E-state index contributed by atoms with van der Waals surface area (Å²) in [7, 11) is 0. The number of nitrogens with zero attached hydrogens (tertiary/aromatic N) is 4. The summed E-state index contributed by atoms with van der Waals surface area (Å²) in [5.41, 5.74) is 1.76. The van der Waals surface area contributed by atoms with Gasteiger partial charge in [0.05, 0.1) is 30.7 Å². The number of rotatable bonds is 5.